The lowest BCUT2D eigenvalue weighted by molar-refractivity contribution is 0.0531. The van der Waals surface area contributed by atoms with Crippen LogP contribution in [-0.4, -0.2) is 38.3 Å². The van der Waals surface area contributed by atoms with Crippen LogP contribution < -0.4 is 9.47 Å². The van der Waals surface area contributed by atoms with E-state index in [0.717, 1.165) is 6.07 Å². The van der Waals surface area contributed by atoms with E-state index in [1.54, 1.807) is 0 Å². The van der Waals surface area contributed by atoms with Gasteiger partial charge >= 0.3 is 17.9 Å². The van der Waals surface area contributed by atoms with Gasteiger partial charge in [-0.15, -0.1) is 0 Å². The number of phenols is 2. The largest absolute Gasteiger partial charge is 0.507 e. The first kappa shape index (κ1) is 17.6. The van der Waals surface area contributed by atoms with Gasteiger partial charge in [-0.25, -0.2) is 14.4 Å². The molecule has 4 rings (SSSR count). The number of carbonyl (C=O) groups excluding carboxylic acids is 2. The smallest absolute Gasteiger partial charge is 0.347 e. The first-order valence-corrected chi connectivity index (χ1v) is 7.94. The van der Waals surface area contributed by atoms with Crippen molar-refractivity contribution in [2.24, 2.45) is 0 Å². The van der Waals surface area contributed by atoms with E-state index in [-0.39, 0.29) is 45.9 Å². The number of carboxylic acids is 1. The number of hydrogen-bond acceptors (Lipinski definition) is 9. The maximum Gasteiger partial charge on any atom is 0.347 e. The molecule has 0 aromatic heterocycles. The second-order valence-corrected chi connectivity index (χ2v) is 6.16. The van der Waals surface area contributed by atoms with Crippen molar-refractivity contribution in [1.82, 2.24) is 0 Å². The van der Waals surface area contributed by atoms with Crippen molar-refractivity contribution in [3.05, 3.63) is 39.4 Å². The number of aliphatic hydroxyl groups is 1. The molecule has 2 aromatic carbocycles. The quantitative estimate of drug-likeness (QED) is 0.439. The van der Waals surface area contributed by atoms with E-state index in [2.05, 4.69) is 0 Å². The van der Waals surface area contributed by atoms with Gasteiger partial charge in [0.1, 0.15) is 34.8 Å². The molecule has 4 N–H and O–H groups in total. The molecule has 0 amide bonds. The average molecular weight is 388 g/mol. The summed E-state index contributed by atoms with van der Waals surface area (Å²) in [6.07, 6.45) is 0. The molecule has 0 saturated carbocycles. The Morgan fingerprint density at radius 2 is 1.79 bits per heavy atom. The number of benzene rings is 2. The number of aromatic carboxylic acids is 1. The Labute approximate surface area is 156 Å². The minimum absolute atomic E-state index is 0.0210. The van der Waals surface area contributed by atoms with Crippen molar-refractivity contribution in [2.45, 2.75) is 20.1 Å². The highest BCUT2D eigenvalue weighted by Crippen LogP contribution is 2.52. The van der Waals surface area contributed by atoms with Crippen LogP contribution in [0.3, 0.4) is 0 Å². The van der Waals surface area contributed by atoms with Crippen LogP contribution in [0.4, 0.5) is 0 Å². The number of carbonyl (C=O) groups is 3. The van der Waals surface area contributed by atoms with Gasteiger partial charge in [0.25, 0.3) is 0 Å². The van der Waals surface area contributed by atoms with E-state index in [0.29, 0.717) is 0 Å². The van der Waals surface area contributed by atoms with E-state index in [1.807, 2.05) is 0 Å². The van der Waals surface area contributed by atoms with Gasteiger partial charge < -0.3 is 34.6 Å². The Morgan fingerprint density at radius 3 is 2.43 bits per heavy atom. The maximum absolute atomic E-state index is 12.7. The molecular weight excluding hydrogens is 376 g/mol. The maximum atomic E-state index is 12.7. The normalized spacial score (nSPS) is 14.2. The number of rotatable bonds is 2. The molecule has 10 heteroatoms. The molecule has 2 heterocycles. The summed E-state index contributed by atoms with van der Waals surface area (Å²) in [6.45, 7) is 0.298. The predicted molar refractivity (Wildman–Crippen MR) is 88.0 cm³/mol. The summed E-state index contributed by atoms with van der Waals surface area (Å²) in [6, 6.07) is 1.07. The minimum atomic E-state index is -1.56. The summed E-state index contributed by atoms with van der Waals surface area (Å²) in [5, 5.41) is 39.5. The first-order chi connectivity index (χ1) is 13.3. The summed E-state index contributed by atoms with van der Waals surface area (Å²) >= 11 is 0. The van der Waals surface area contributed by atoms with Crippen LogP contribution in [0.25, 0.3) is 0 Å². The molecule has 28 heavy (non-hydrogen) atoms. The van der Waals surface area contributed by atoms with Crippen LogP contribution in [0.1, 0.15) is 47.8 Å². The fourth-order valence-electron chi connectivity index (χ4n) is 3.30. The lowest BCUT2D eigenvalue weighted by atomic mass is 10.0. The van der Waals surface area contributed by atoms with Crippen LogP contribution >= 0.6 is 0 Å². The highest BCUT2D eigenvalue weighted by Gasteiger charge is 2.40. The highest BCUT2D eigenvalue weighted by atomic mass is 16.6. The van der Waals surface area contributed by atoms with Crippen LogP contribution in [0.15, 0.2) is 6.07 Å². The summed E-state index contributed by atoms with van der Waals surface area (Å²) in [7, 11) is 0. The molecule has 0 fully saturated rings. The van der Waals surface area contributed by atoms with Crippen molar-refractivity contribution in [3.63, 3.8) is 0 Å². The lowest BCUT2D eigenvalue weighted by Crippen LogP contribution is -2.12. The average Bonchev–Trinajstić information content (AvgIpc) is 2.92. The third kappa shape index (κ3) is 2.21. The molecule has 2 aliphatic rings. The number of aryl methyl sites for hydroxylation is 1. The second-order valence-electron chi connectivity index (χ2n) is 6.16. The number of ether oxygens (including phenoxy) is 3. The standard InChI is InChI=1S/C18H12O10/c1-5-2-8(20)11(16(22)23)15-9(5)18(25)28-13-6(3-19)12(21)10-7(14(13)27-15)4-26-17(10)24/h2,19-21H,3-4H2,1H3,(H,22,23). The summed E-state index contributed by atoms with van der Waals surface area (Å²) in [5.74, 6) is -5.83. The molecular formula is C18H12O10. The van der Waals surface area contributed by atoms with Crippen molar-refractivity contribution in [1.29, 1.82) is 0 Å². The van der Waals surface area contributed by atoms with Crippen molar-refractivity contribution in [2.75, 3.05) is 0 Å². The molecule has 2 aliphatic heterocycles. The molecule has 0 saturated heterocycles. The third-order valence-corrected chi connectivity index (χ3v) is 4.56. The SMILES string of the molecule is Cc1cc(O)c(C(=O)O)c2c1C(=O)Oc1c(CO)c(O)c3c(c1O2)COC3=O. The fraction of sp³-hybridized carbons (Fsp3) is 0.167. The molecule has 0 bridgehead atoms. The Morgan fingerprint density at radius 1 is 1.07 bits per heavy atom. The highest BCUT2D eigenvalue weighted by molar-refractivity contribution is 6.05. The third-order valence-electron chi connectivity index (χ3n) is 4.56. The Kier molecular flexibility index (Phi) is 3.69. The van der Waals surface area contributed by atoms with Gasteiger partial charge in [0, 0.05) is 0 Å². The number of esters is 2. The van der Waals surface area contributed by atoms with Crippen LogP contribution in [-0.2, 0) is 18.0 Å². The molecule has 10 nitrogen and oxygen atoms in total. The van der Waals surface area contributed by atoms with E-state index >= 15 is 0 Å². The van der Waals surface area contributed by atoms with Crippen molar-refractivity contribution >= 4 is 17.9 Å². The molecule has 0 atom stereocenters. The fourth-order valence-corrected chi connectivity index (χ4v) is 3.30. The van der Waals surface area contributed by atoms with Gasteiger partial charge in [-0.05, 0) is 18.6 Å². The molecule has 144 valence electrons. The van der Waals surface area contributed by atoms with Crippen LogP contribution in [0, 0.1) is 6.92 Å². The van der Waals surface area contributed by atoms with Gasteiger partial charge in [0.15, 0.2) is 17.2 Å². The van der Waals surface area contributed by atoms with Crippen molar-refractivity contribution in [3.8, 4) is 28.7 Å². The van der Waals surface area contributed by atoms with E-state index in [1.165, 1.54) is 6.92 Å². The number of fused-ring (bicyclic) bond motifs is 4. The van der Waals surface area contributed by atoms with Gasteiger partial charge in [-0.1, -0.05) is 0 Å². The molecule has 0 radical (unpaired) electrons. The summed E-state index contributed by atoms with van der Waals surface area (Å²) in [4.78, 5) is 36.3. The molecule has 0 unspecified atom stereocenters. The zero-order chi connectivity index (χ0) is 20.3. The zero-order valence-corrected chi connectivity index (χ0v) is 14.2. The first-order valence-electron chi connectivity index (χ1n) is 7.94. The van der Waals surface area contributed by atoms with E-state index in [9.17, 15) is 34.8 Å². The predicted octanol–water partition coefficient (Wildman–Crippen LogP) is 1.59. The number of hydrogen-bond donors (Lipinski definition) is 4. The Hall–Kier alpha value is -3.79. The summed E-state index contributed by atoms with van der Waals surface area (Å²) in [5.41, 5.74) is -1.32. The van der Waals surface area contributed by atoms with Gasteiger partial charge in [-0.3, -0.25) is 0 Å². The van der Waals surface area contributed by atoms with Crippen molar-refractivity contribution < 1.29 is 49.0 Å². The number of aromatic hydroxyl groups is 2. The number of cyclic esters (lactones) is 1. The Bertz CT molecular complexity index is 1100. The molecule has 0 aliphatic carbocycles. The Balaban J connectivity index is 2.10. The molecule has 0 spiro atoms. The van der Waals surface area contributed by atoms with Gasteiger partial charge in [0.2, 0.25) is 0 Å². The zero-order valence-electron chi connectivity index (χ0n) is 14.2. The van der Waals surface area contributed by atoms with E-state index in [4.69, 9.17) is 14.2 Å². The lowest BCUT2D eigenvalue weighted by Gasteiger charge is -2.16. The van der Waals surface area contributed by atoms with Crippen LogP contribution in [0.2, 0.25) is 0 Å². The number of carboxylic acid groups (broad SMARTS) is 1. The summed E-state index contributed by atoms with van der Waals surface area (Å²) < 4.78 is 15.8. The topological polar surface area (TPSA) is 160 Å². The second kappa shape index (κ2) is 5.86. The van der Waals surface area contributed by atoms with Crippen LogP contribution in [0.5, 0.6) is 28.7 Å². The molecule has 2 aromatic rings. The van der Waals surface area contributed by atoms with Gasteiger partial charge in [0.05, 0.1) is 17.7 Å². The van der Waals surface area contributed by atoms with E-state index < -0.39 is 47.3 Å². The minimum Gasteiger partial charge on any atom is -0.507 e. The van der Waals surface area contributed by atoms with Gasteiger partial charge in [-0.2, -0.15) is 0 Å². The number of aliphatic hydroxyl groups excluding tert-OH is 1. The monoisotopic (exact) mass is 388 g/mol.